The Hall–Kier alpha value is -2.10. The van der Waals surface area contributed by atoms with Crippen molar-refractivity contribution in [3.8, 4) is 0 Å². The number of benzene rings is 1. The number of nitrogens with zero attached hydrogens (tertiary/aromatic N) is 3. The lowest BCUT2D eigenvalue weighted by atomic mass is 10.3. The molecular formula is C14H17N3O. The highest BCUT2D eigenvalue weighted by Gasteiger charge is 2.14. The monoisotopic (exact) mass is 243 g/mol. The highest BCUT2D eigenvalue weighted by Crippen LogP contribution is 2.13. The van der Waals surface area contributed by atoms with E-state index in [0.29, 0.717) is 6.54 Å². The molecule has 0 spiro atoms. The van der Waals surface area contributed by atoms with Crippen LogP contribution in [-0.2, 0) is 11.3 Å². The summed E-state index contributed by atoms with van der Waals surface area (Å²) in [5.41, 5.74) is 1.85. The molecule has 0 saturated heterocycles. The molecule has 1 aromatic heterocycles. The molecule has 1 aromatic carbocycles. The molecule has 0 aliphatic rings. The van der Waals surface area contributed by atoms with Crippen LogP contribution in [-0.4, -0.2) is 22.2 Å². The summed E-state index contributed by atoms with van der Waals surface area (Å²) in [5.74, 6) is 0.0480. The van der Waals surface area contributed by atoms with Crippen LogP contribution in [0.25, 0.3) is 0 Å². The summed E-state index contributed by atoms with van der Waals surface area (Å²) in [6.45, 7) is 4.81. The average molecular weight is 243 g/mol. The second-order valence-electron chi connectivity index (χ2n) is 4.13. The molecule has 4 nitrogen and oxygen atoms in total. The first-order valence-electron chi connectivity index (χ1n) is 6.06. The summed E-state index contributed by atoms with van der Waals surface area (Å²) in [6, 6.07) is 11.6. The molecule has 0 N–H and O–H groups in total. The Labute approximate surface area is 107 Å². The Balaban J connectivity index is 2.11. The molecule has 0 saturated carbocycles. The molecule has 4 heteroatoms. The van der Waals surface area contributed by atoms with Crippen molar-refractivity contribution in [1.82, 2.24) is 9.78 Å². The second kappa shape index (κ2) is 5.49. The third-order valence-corrected chi connectivity index (χ3v) is 2.76. The van der Waals surface area contributed by atoms with E-state index in [1.807, 2.05) is 56.4 Å². The van der Waals surface area contributed by atoms with E-state index in [0.717, 1.165) is 11.4 Å². The van der Waals surface area contributed by atoms with E-state index in [4.69, 9.17) is 0 Å². The number of carbonyl (C=O) groups excluding carboxylic acids is 1. The fraction of sp³-hybridized carbons (Fsp3) is 0.286. The molecule has 2 aromatic rings. The third kappa shape index (κ3) is 2.77. The fourth-order valence-corrected chi connectivity index (χ4v) is 1.89. The quantitative estimate of drug-likeness (QED) is 0.826. The van der Waals surface area contributed by atoms with Crippen LogP contribution in [0.2, 0.25) is 0 Å². The maximum atomic E-state index is 12.2. The number of rotatable bonds is 4. The number of aryl methyl sites for hydroxylation is 1. The lowest BCUT2D eigenvalue weighted by Crippen LogP contribution is -2.33. The van der Waals surface area contributed by atoms with Crippen LogP contribution in [0.5, 0.6) is 0 Å². The number of likely N-dealkylation sites (N-methyl/N-ethyl adjacent to an activating group) is 1. The minimum absolute atomic E-state index is 0.0480. The van der Waals surface area contributed by atoms with Crippen molar-refractivity contribution in [3.05, 3.63) is 48.3 Å². The largest absolute Gasteiger partial charge is 0.311 e. The van der Waals surface area contributed by atoms with Crippen molar-refractivity contribution in [1.29, 1.82) is 0 Å². The summed E-state index contributed by atoms with van der Waals surface area (Å²) in [7, 11) is 0. The number of carbonyl (C=O) groups is 1. The zero-order chi connectivity index (χ0) is 13.0. The molecule has 0 aliphatic carbocycles. The summed E-state index contributed by atoms with van der Waals surface area (Å²) in [5, 5.41) is 4.23. The molecule has 0 fully saturated rings. The molecule has 1 heterocycles. The van der Waals surface area contributed by atoms with Gasteiger partial charge in [0.15, 0.2) is 0 Å². The van der Waals surface area contributed by atoms with Gasteiger partial charge in [0.25, 0.3) is 0 Å². The van der Waals surface area contributed by atoms with Crippen LogP contribution in [0.4, 0.5) is 5.69 Å². The lowest BCUT2D eigenvalue weighted by molar-refractivity contribution is -0.119. The molecule has 0 atom stereocenters. The molecule has 0 aliphatic heterocycles. The van der Waals surface area contributed by atoms with Crippen LogP contribution in [0, 0.1) is 6.92 Å². The van der Waals surface area contributed by atoms with Gasteiger partial charge in [-0.1, -0.05) is 18.2 Å². The Morgan fingerprint density at radius 3 is 2.56 bits per heavy atom. The summed E-state index contributed by atoms with van der Waals surface area (Å²) < 4.78 is 1.67. The van der Waals surface area contributed by atoms with Gasteiger partial charge in [-0.2, -0.15) is 5.10 Å². The highest BCUT2D eigenvalue weighted by atomic mass is 16.2. The second-order valence-corrected chi connectivity index (χ2v) is 4.13. The van der Waals surface area contributed by atoms with E-state index in [9.17, 15) is 4.79 Å². The predicted octanol–water partition coefficient (Wildman–Crippen LogP) is 2.24. The molecule has 0 unspecified atom stereocenters. The number of aromatic nitrogens is 2. The molecule has 2 rings (SSSR count). The molecular weight excluding hydrogens is 226 g/mol. The molecule has 18 heavy (non-hydrogen) atoms. The van der Waals surface area contributed by atoms with Gasteiger partial charge in [0.05, 0.1) is 5.69 Å². The average Bonchev–Trinajstić information content (AvgIpc) is 2.77. The highest BCUT2D eigenvalue weighted by molar-refractivity contribution is 5.93. The van der Waals surface area contributed by atoms with Gasteiger partial charge in [-0.15, -0.1) is 0 Å². The van der Waals surface area contributed by atoms with Crippen molar-refractivity contribution < 1.29 is 4.79 Å². The van der Waals surface area contributed by atoms with Crippen molar-refractivity contribution >= 4 is 11.6 Å². The van der Waals surface area contributed by atoms with Gasteiger partial charge in [0.1, 0.15) is 6.54 Å². The van der Waals surface area contributed by atoms with Crippen LogP contribution in [0.3, 0.4) is 0 Å². The first-order valence-corrected chi connectivity index (χ1v) is 6.06. The maximum absolute atomic E-state index is 12.2. The normalized spacial score (nSPS) is 10.3. The van der Waals surface area contributed by atoms with E-state index >= 15 is 0 Å². The van der Waals surface area contributed by atoms with Crippen molar-refractivity contribution in [3.63, 3.8) is 0 Å². The SMILES string of the molecule is CCN(C(=O)Cn1ccc(C)n1)c1ccccc1. The Kier molecular flexibility index (Phi) is 3.77. The van der Waals surface area contributed by atoms with Crippen molar-refractivity contribution in [2.24, 2.45) is 0 Å². The van der Waals surface area contributed by atoms with Gasteiger partial charge in [-0.3, -0.25) is 9.48 Å². The van der Waals surface area contributed by atoms with Gasteiger partial charge < -0.3 is 4.90 Å². The topological polar surface area (TPSA) is 38.1 Å². The van der Waals surface area contributed by atoms with Gasteiger partial charge in [-0.25, -0.2) is 0 Å². The fourth-order valence-electron chi connectivity index (χ4n) is 1.89. The van der Waals surface area contributed by atoms with E-state index < -0.39 is 0 Å². The summed E-state index contributed by atoms with van der Waals surface area (Å²) in [6.07, 6.45) is 1.83. The minimum Gasteiger partial charge on any atom is -0.311 e. The van der Waals surface area contributed by atoms with Crippen LogP contribution in [0.15, 0.2) is 42.6 Å². The Morgan fingerprint density at radius 2 is 2.00 bits per heavy atom. The summed E-state index contributed by atoms with van der Waals surface area (Å²) >= 11 is 0. The lowest BCUT2D eigenvalue weighted by Gasteiger charge is -2.20. The molecule has 94 valence electrons. The van der Waals surface area contributed by atoms with E-state index in [1.54, 1.807) is 9.58 Å². The van der Waals surface area contributed by atoms with Crippen LogP contribution >= 0.6 is 0 Å². The Morgan fingerprint density at radius 1 is 1.28 bits per heavy atom. The first-order chi connectivity index (χ1) is 8.70. The van der Waals surface area contributed by atoms with E-state index in [2.05, 4.69) is 5.10 Å². The van der Waals surface area contributed by atoms with Crippen molar-refractivity contribution in [2.45, 2.75) is 20.4 Å². The number of anilines is 1. The smallest absolute Gasteiger partial charge is 0.248 e. The standard InChI is InChI=1S/C14H17N3O/c1-3-17(13-7-5-4-6-8-13)14(18)11-16-10-9-12(2)15-16/h4-10H,3,11H2,1-2H3. The number of hydrogen-bond acceptors (Lipinski definition) is 2. The number of amides is 1. The van der Waals surface area contributed by atoms with E-state index in [1.165, 1.54) is 0 Å². The van der Waals surface area contributed by atoms with E-state index in [-0.39, 0.29) is 12.5 Å². The molecule has 0 radical (unpaired) electrons. The van der Waals surface area contributed by atoms with Gasteiger partial charge >= 0.3 is 0 Å². The number of hydrogen-bond donors (Lipinski definition) is 0. The zero-order valence-electron chi connectivity index (χ0n) is 10.7. The Bertz CT molecular complexity index is 519. The van der Waals surface area contributed by atoms with Gasteiger partial charge in [0, 0.05) is 18.4 Å². The zero-order valence-corrected chi connectivity index (χ0v) is 10.7. The minimum atomic E-state index is 0.0480. The number of para-hydroxylation sites is 1. The van der Waals surface area contributed by atoms with Gasteiger partial charge in [-0.05, 0) is 32.0 Å². The first kappa shape index (κ1) is 12.4. The third-order valence-electron chi connectivity index (χ3n) is 2.76. The van der Waals surface area contributed by atoms with Crippen LogP contribution in [0.1, 0.15) is 12.6 Å². The van der Waals surface area contributed by atoms with Crippen LogP contribution < -0.4 is 4.90 Å². The van der Waals surface area contributed by atoms with Gasteiger partial charge in [0.2, 0.25) is 5.91 Å². The van der Waals surface area contributed by atoms with Crippen molar-refractivity contribution in [2.75, 3.05) is 11.4 Å². The predicted molar refractivity (Wildman–Crippen MR) is 71.4 cm³/mol. The molecule has 0 bridgehead atoms. The summed E-state index contributed by atoms with van der Waals surface area (Å²) in [4.78, 5) is 14.0. The maximum Gasteiger partial charge on any atom is 0.248 e. The molecule has 1 amide bonds.